The van der Waals surface area contributed by atoms with Gasteiger partial charge in [0, 0.05) is 9.75 Å². The molecular formula is C11H11FN2O3S. The van der Waals surface area contributed by atoms with E-state index in [9.17, 15) is 19.1 Å². The Morgan fingerprint density at radius 1 is 1.44 bits per heavy atom. The Hall–Kier alpha value is -1.89. The molecular weight excluding hydrogens is 259 g/mol. The Morgan fingerprint density at radius 2 is 2.11 bits per heavy atom. The third-order valence-corrected chi connectivity index (χ3v) is 3.79. The summed E-state index contributed by atoms with van der Waals surface area (Å²) in [5, 5.41) is 9.57. The number of hydrogen-bond acceptors (Lipinski definition) is 4. The van der Waals surface area contributed by atoms with E-state index < -0.39 is 29.0 Å². The number of nitrogens with one attached hydrogen (secondary N) is 1. The first kappa shape index (κ1) is 12.6. The zero-order valence-corrected chi connectivity index (χ0v) is 10.5. The molecule has 0 aliphatic carbocycles. The average Bonchev–Trinajstić information content (AvgIpc) is 2.73. The van der Waals surface area contributed by atoms with Gasteiger partial charge in [-0.25, -0.2) is 4.79 Å². The average molecular weight is 270 g/mol. The van der Waals surface area contributed by atoms with Crippen LogP contribution in [0.25, 0.3) is 0 Å². The molecule has 18 heavy (non-hydrogen) atoms. The Balaban J connectivity index is 2.62. The number of aromatic nitrogens is 2. The van der Waals surface area contributed by atoms with E-state index in [0.29, 0.717) is 0 Å². The van der Waals surface area contributed by atoms with Crippen molar-refractivity contribution in [2.24, 2.45) is 0 Å². The van der Waals surface area contributed by atoms with E-state index in [0.717, 1.165) is 14.3 Å². The van der Waals surface area contributed by atoms with E-state index in [2.05, 4.69) is 0 Å². The SMILES string of the molecule is Cc1ccc(C(C)n2c(O)c(F)c(=O)[nH]c2=O)s1. The van der Waals surface area contributed by atoms with Gasteiger partial charge in [0.1, 0.15) is 0 Å². The zero-order valence-electron chi connectivity index (χ0n) is 9.73. The van der Waals surface area contributed by atoms with Gasteiger partial charge in [0.25, 0.3) is 5.56 Å². The fourth-order valence-corrected chi connectivity index (χ4v) is 2.60. The molecule has 1 unspecified atom stereocenters. The lowest BCUT2D eigenvalue weighted by molar-refractivity contribution is 0.352. The van der Waals surface area contributed by atoms with Crippen LogP contribution in [0, 0.1) is 12.7 Å². The fourth-order valence-electron chi connectivity index (χ4n) is 1.68. The maximum atomic E-state index is 13.3. The maximum absolute atomic E-state index is 13.3. The van der Waals surface area contributed by atoms with Gasteiger partial charge in [-0.3, -0.25) is 14.3 Å². The minimum absolute atomic E-state index is 0.553. The van der Waals surface area contributed by atoms with Crippen LogP contribution in [0.15, 0.2) is 21.7 Å². The maximum Gasteiger partial charge on any atom is 0.331 e. The summed E-state index contributed by atoms with van der Waals surface area (Å²) in [4.78, 5) is 26.2. The molecule has 96 valence electrons. The summed E-state index contributed by atoms with van der Waals surface area (Å²) in [6.45, 7) is 3.54. The van der Waals surface area contributed by atoms with Crippen molar-refractivity contribution in [2.45, 2.75) is 19.9 Å². The molecule has 0 spiro atoms. The van der Waals surface area contributed by atoms with Crippen molar-refractivity contribution in [3.05, 3.63) is 48.5 Å². The highest BCUT2D eigenvalue weighted by Gasteiger charge is 2.20. The molecule has 2 aromatic rings. The van der Waals surface area contributed by atoms with Crippen LogP contribution >= 0.6 is 11.3 Å². The quantitative estimate of drug-likeness (QED) is 0.865. The van der Waals surface area contributed by atoms with Gasteiger partial charge in [0.2, 0.25) is 11.7 Å². The Bertz CT molecular complexity index is 701. The van der Waals surface area contributed by atoms with Crippen LogP contribution in [-0.2, 0) is 0 Å². The number of nitrogens with zero attached hydrogens (tertiary/aromatic N) is 1. The van der Waals surface area contributed by atoms with Crippen LogP contribution in [0.4, 0.5) is 4.39 Å². The fraction of sp³-hybridized carbons (Fsp3) is 0.273. The lowest BCUT2D eigenvalue weighted by atomic mass is 10.2. The Kier molecular flexibility index (Phi) is 3.08. The minimum atomic E-state index is -1.35. The molecule has 0 amide bonds. The summed E-state index contributed by atoms with van der Waals surface area (Å²) >= 11 is 1.43. The van der Waals surface area contributed by atoms with Gasteiger partial charge in [-0.1, -0.05) is 0 Å². The van der Waals surface area contributed by atoms with Crippen molar-refractivity contribution >= 4 is 11.3 Å². The second-order valence-electron chi connectivity index (χ2n) is 3.89. The van der Waals surface area contributed by atoms with Gasteiger partial charge in [0.05, 0.1) is 6.04 Å². The van der Waals surface area contributed by atoms with Crippen LogP contribution in [0.3, 0.4) is 0 Å². The molecule has 5 nitrogen and oxygen atoms in total. The number of aromatic hydroxyl groups is 1. The molecule has 2 N–H and O–H groups in total. The zero-order chi connectivity index (χ0) is 13.4. The second-order valence-corrected chi connectivity index (χ2v) is 5.21. The molecule has 2 aromatic heterocycles. The highest BCUT2D eigenvalue weighted by Crippen LogP contribution is 2.27. The number of H-pyrrole nitrogens is 1. The molecule has 7 heteroatoms. The molecule has 2 heterocycles. The van der Waals surface area contributed by atoms with E-state index in [1.807, 2.05) is 18.0 Å². The summed E-state index contributed by atoms with van der Waals surface area (Å²) in [6.07, 6.45) is 0. The van der Waals surface area contributed by atoms with Crippen molar-refractivity contribution in [3.8, 4) is 5.88 Å². The third kappa shape index (κ3) is 1.97. The largest absolute Gasteiger partial charge is 0.492 e. The van der Waals surface area contributed by atoms with Gasteiger partial charge in [-0.15, -0.1) is 11.3 Å². The molecule has 1 atom stereocenters. The number of aryl methyl sites for hydroxylation is 1. The standard InChI is InChI=1S/C11H11FN2O3S/c1-5-3-4-7(18-5)6(2)14-10(16)8(12)9(15)13-11(14)17/h3-4,6,16H,1-2H3,(H,13,15,17). The molecule has 0 radical (unpaired) electrons. The van der Waals surface area contributed by atoms with Crippen molar-refractivity contribution < 1.29 is 9.50 Å². The van der Waals surface area contributed by atoms with Crippen LogP contribution in [0.2, 0.25) is 0 Å². The number of rotatable bonds is 2. The summed E-state index contributed by atoms with van der Waals surface area (Å²) in [7, 11) is 0. The van der Waals surface area contributed by atoms with Crippen LogP contribution in [0.1, 0.15) is 22.7 Å². The summed E-state index contributed by atoms with van der Waals surface area (Å²) in [5.74, 6) is -2.29. The topological polar surface area (TPSA) is 75.1 Å². The number of aromatic amines is 1. The third-order valence-electron chi connectivity index (χ3n) is 2.62. The first-order chi connectivity index (χ1) is 8.41. The smallest absolute Gasteiger partial charge is 0.331 e. The molecule has 0 aromatic carbocycles. The van der Waals surface area contributed by atoms with Crippen LogP contribution in [0.5, 0.6) is 5.88 Å². The molecule has 0 aliphatic heterocycles. The summed E-state index contributed by atoms with van der Waals surface area (Å²) in [6, 6.07) is 3.10. The molecule has 0 saturated heterocycles. The lowest BCUT2D eigenvalue weighted by Gasteiger charge is -2.14. The Labute approximate surface area is 105 Å². The van der Waals surface area contributed by atoms with Crippen molar-refractivity contribution in [1.82, 2.24) is 9.55 Å². The predicted molar refractivity (Wildman–Crippen MR) is 65.8 cm³/mol. The predicted octanol–water partition coefficient (Wildman–Crippen LogP) is 1.36. The number of hydrogen-bond donors (Lipinski definition) is 2. The Morgan fingerprint density at radius 3 is 2.67 bits per heavy atom. The molecule has 0 fully saturated rings. The van der Waals surface area contributed by atoms with Gasteiger partial charge < -0.3 is 5.11 Å². The van der Waals surface area contributed by atoms with Gasteiger partial charge >= 0.3 is 5.69 Å². The minimum Gasteiger partial charge on any atom is -0.492 e. The van der Waals surface area contributed by atoms with E-state index in [1.54, 1.807) is 13.0 Å². The molecule has 0 bridgehead atoms. The van der Waals surface area contributed by atoms with Gasteiger partial charge in [-0.2, -0.15) is 4.39 Å². The van der Waals surface area contributed by atoms with E-state index >= 15 is 0 Å². The second kappa shape index (κ2) is 4.41. The van der Waals surface area contributed by atoms with Gasteiger partial charge in [0.15, 0.2) is 0 Å². The first-order valence-electron chi connectivity index (χ1n) is 5.21. The van der Waals surface area contributed by atoms with E-state index in [-0.39, 0.29) is 0 Å². The van der Waals surface area contributed by atoms with Crippen LogP contribution < -0.4 is 11.2 Å². The van der Waals surface area contributed by atoms with Gasteiger partial charge in [-0.05, 0) is 26.0 Å². The molecule has 0 saturated carbocycles. The van der Waals surface area contributed by atoms with Crippen molar-refractivity contribution in [2.75, 3.05) is 0 Å². The highest BCUT2D eigenvalue weighted by molar-refractivity contribution is 7.12. The van der Waals surface area contributed by atoms with E-state index in [1.165, 1.54) is 11.3 Å². The van der Waals surface area contributed by atoms with E-state index in [4.69, 9.17) is 0 Å². The lowest BCUT2D eigenvalue weighted by Crippen LogP contribution is -2.33. The van der Waals surface area contributed by atoms with Crippen LogP contribution in [-0.4, -0.2) is 14.7 Å². The number of halogens is 1. The molecule has 0 aliphatic rings. The monoisotopic (exact) mass is 270 g/mol. The first-order valence-corrected chi connectivity index (χ1v) is 6.03. The normalized spacial score (nSPS) is 12.6. The van der Waals surface area contributed by atoms with Crippen molar-refractivity contribution in [1.29, 1.82) is 0 Å². The highest BCUT2D eigenvalue weighted by atomic mass is 32.1. The van der Waals surface area contributed by atoms with Crippen molar-refractivity contribution in [3.63, 3.8) is 0 Å². The number of thiophene rings is 1. The summed E-state index contributed by atoms with van der Waals surface area (Å²) in [5.41, 5.74) is -2.05. The summed E-state index contributed by atoms with van der Waals surface area (Å²) < 4.78 is 14.1. The molecule has 2 rings (SSSR count).